The van der Waals surface area contributed by atoms with Crippen molar-refractivity contribution in [2.75, 3.05) is 0 Å². The molecule has 2 rings (SSSR count). The Hall–Kier alpha value is -1.31. The molecule has 1 unspecified atom stereocenters. The number of ether oxygens (including phenoxy) is 1. The monoisotopic (exact) mass is 204 g/mol. The number of hydrogen-bond donors (Lipinski definition) is 0. The van der Waals surface area contributed by atoms with Crippen LogP contribution in [0.2, 0.25) is 0 Å². The summed E-state index contributed by atoms with van der Waals surface area (Å²) in [5, 5.41) is 0. The molecule has 0 heterocycles. The zero-order chi connectivity index (χ0) is 11.1. The van der Waals surface area contributed by atoms with Gasteiger partial charge in [-0.05, 0) is 38.3 Å². The molecule has 0 aromatic heterocycles. The molecule has 15 heavy (non-hydrogen) atoms. The van der Waals surface area contributed by atoms with Crippen LogP contribution in [0.3, 0.4) is 0 Å². The molecule has 0 bridgehead atoms. The Kier molecular flexibility index (Phi) is 2.29. The summed E-state index contributed by atoms with van der Waals surface area (Å²) in [4.78, 5) is 11.8. The van der Waals surface area contributed by atoms with Gasteiger partial charge in [-0.3, -0.25) is 4.79 Å². The van der Waals surface area contributed by atoms with E-state index in [1.165, 1.54) is 5.56 Å². The minimum atomic E-state index is -0.387. The standard InChI is InChI=1S/C13H16O2/c1-13(2,3)15-12(14)11-8-9-6-4-5-7-10(9)11/h4-7,11H,8H2,1-3H3. The van der Waals surface area contributed by atoms with Crippen LogP contribution in [-0.4, -0.2) is 11.6 Å². The first kappa shape index (κ1) is 10.2. The van der Waals surface area contributed by atoms with E-state index in [-0.39, 0.29) is 17.5 Å². The number of carbonyl (C=O) groups excluding carboxylic acids is 1. The van der Waals surface area contributed by atoms with Gasteiger partial charge in [0, 0.05) is 0 Å². The fourth-order valence-corrected chi connectivity index (χ4v) is 1.84. The Balaban J connectivity index is 2.08. The van der Waals surface area contributed by atoms with Gasteiger partial charge in [-0.1, -0.05) is 24.3 Å². The van der Waals surface area contributed by atoms with E-state index in [1.54, 1.807) is 0 Å². The molecule has 1 aromatic carbocycles. The van der Waals surface area contributed by atoms with Crippen LogP contribution < -0.4 is 0 Å². The third-order valence-electron chi connectivity index (χ3n) is 2.55. The van der Waals surface area contributed by atoms with Crippen molar-refractivity contribution in [1.82, 2.24) is 0 Å². The second-order valence-electron chi connectivity index (χ2n) is 4.99. The molecule has 0 saturated carbocycles. The molecule has 1 atom stereocenters. The van der Waals surface area contributed by atoms with Gasteiger partial charge < -0.3 is 4.74 Å². The highest BCUT2D eigenvalue weighted by atomic mass is 16.6. The summed E-state index contributed by atoms with van der Waals surface area (Å²) in [6.07, 6.45) is 0.824. The predicted molar refractivity (Wildman–Crippen MR) is 58.7 cm³/mol. The highest BCUT2D eigenvalue weighted by Crippen LogP contribution is 2.36. The highest BCUT2D eigenvalue weighted by Gasteiger charge is 2.34. The summed E-state index contributed by atoms with van der Waals surface area (Å²) >= 11 is 0. The maximum atomic E-state index is 11.8. The largest absolute Gasteiger partial charge is 0.459 e. The van der Waals surface area contributed by atoms with Crippen LogP contribution in [0.15, 0.2) is 24.3 Å². The van der Waals surface area contributed by atoms with Gasteiger partial charge in [-0.2, -0.15) is 0 Å². The van der Waals surface area contributed by atoms with E-state index in [0.29, 0.717) is 0 Å². The number of esters is 1. The predicted octanol–water partition coefficient (Wildman–Crippen LogP) is 2.67. The lowest BCUT2D eigenvalue weighted by Crippen LogP contribution is -2.32. The Bertz CT molecular complexity index is 388. The van der Waals surface area contributed by atoms with Crippen molar-refractivity contribution in [1.29, 1.82) is 0 Å². The summed E-state index contributed by atoms with van der Waals surface area (Å²) in [6.45, 7) is 5.69. The van der Waals surface area contributed by atoms with Crippen molar-refractivity contribution >= 4 is 5.97 Å². The van der Waals surface area contributed by atoms with Crippen molar-refractivity contribution in [2.24, 2.45) is 0 Å². The molecule has 0 N–H and O–H groups in total. The average molecular weight is 204 g/mol. The molecule has 2 heteroatoms. The first-order valence-electron chi connectivity index (χ1n) is 5.28. The SMILES string of the molecule is CC(C)(C)OC(=O)C1Cc2ccccc21. The smallest absolute Gasteiger partial charge is 0.314 e. The Morgan fingerprint density at radius 1 is 1.33 bits per heavy atom. The Morgan fingerprint density at radius 2 is 2.00 bits per heavy atom. The van der Waals surface area contributed by atoms with Gasteiger partial charge in [0.05, 0.1) is 5.92 Å². The summed E-state index contributed by atoms with van der Waals surface area (Å²) < 4.78 is 5.36. The number of hydrogen-bond acceptors (Lipinski definition) is 2. The minimum absolute atomic E-state index is 0.0413. The lowest BCUT2D eigenvalue weighted by molar-refractivity contribution is -0.157. The third kappa shape index (κ3) is 2.04. The van der Waals surface area contributed by atoms with Gasteiger partial charge in [0.1, 0.15) is 5.60 Å². The molecule has 0 radical (unpaired) electrons. The van der Waals surface area contributed by atoms with Crippen LogP contribution in [0, 0.1) is 0 Å². The van der Waals surface area contributed by atoms with Crippen molar-refractivity contribution in [2.45, 2.75) is 38.7 Å². The van der Waals surface area contributed by atoms with Crippen molar-refractivity contribution in [3.05, 3.63) is 35.4 Å². The summed E-state index contributed by atoms with van der Waals surface area (Å²) in [5.41, 5.74) is 2.02. The van der Waals surface area contributed by atoms with Gasteiger partial charge in [0.2, 0.25) is 0 Å². The lowest BCUT2D eigenvalue weighted by Gasteiger charge is -2.31. The zero-order valence-corrected chi connectivity index (χ0v) is 9.41. The lowest BCUT2D eigenvalue weighted by atomic mass is 9.77. The quantitative estimate of drug-likeness (QED) is 0.657. The van der Waals surface area contributed by atoms with E-state index >= 15 is 0 Å². The molecule has 0 aliphatic heterocycles. The van der Waals surface area contributed by atoms with E-state index < -0.39 is 0 Å². The van der Waals surface area contributed by atoms with E-state index in [0.717, 1.165) is 12.0 Å². The Labute approximate surface area is 90.3 Å². The van der Waals surface area contributed by atoms with Crippen molar-refractivity contribution in [3.8, 4) is 0 Å². The molecule has 80 valence electrons. The summed E-state index contributed by atoms with van der Waals surface area (Å²) in [5.74, 6) is -0.137. The molecule has 0 spiro atoms. The van der Waals surface area contributed by atoms with Crippen LogP contribution in [0.4, 0.5) is 0 Å². The van der Waals surface area contributed by atoms with Crippen molar-refractivity contribution < 1.29 is 9.53 Å². The molecule has 1 aliphatic carbocycles. The van der Waals surface area contributed by atoms with Crippen LogP contribution >= 0.6 is 0 Å². The number of benzene rings is 1. The number of carbonyl (C=O) groups is 1. The van der Waals surface area contributed by atoms with Gasteiger partial charge in [-0.25, -0.2) is 0 Å². The summed E-state index contributed by atoms with van der Waals surface area (Å²) in [6, 6.07) is 8.04. The number of fused-ring (bicyclic) bond motifs is 1. The number of rotatable bonds is 1. The highest BCUT2D eigenvalue weighted by molar-refractivity contribution is 5.82. The molecule has 0 amide bonds. The molecule has 1 aliphatic rings. The normalized spacial score (nSPS) is 19.0. The molecule has 0 saturated heterocycles. The maximum absolute atomic E-state index is 11.8. The van der Waals surface area contributed by atoms with Crippen molar-refractivity contribution in [3.63, 3.8) is 0 Å². The van der Waals surface area contributed by atoms with Crippen LogP contribution in [0.1, 0.15) is 37.8 Å². The van der Waals surface area contributed by atoms with Gasteiger partial charge in [0.25, 0.3) is 0 Å². The average Bonchev–Trinajstić information content (AvgIpc) is 2.03. The van der Waals surface area contributed by atoms with E-state index in [2.05, 4.69) is 6.07 Å². The van der Waals surface area contributed by atoms with Gasteiger partial charge in [0.15, 0.2) is 0 Å². The topological polar surface area (TPSA) is 26.3 Å². The second-order valence-corrected chi connectivity index (χ2v) is 4.99. The third-order valence-corrected chi connectivity index (χ3v) is 2.55. The first-order chi connectivity index (χ1) is 6.97. The van der Waals surface area contributed by atoms with Crippen LogP contribution in [0.25, 0.3) is 0 Å². The van der Waals surface area contributed by atoms with E-state index in [4.69, 9.17) is 4.74 Å². The fraction of sp³-hybridized carbons (Fsp3) is 0.462. The molecule has 2 nitrogen and oxygen atoms in total. The van der Waals surface area contributed by atoms with E-state index in [9.17, 15) is 4.79 Å². The maximum Gasteiger partial charge on any atom is 0.314 e. The fourth-order valence-electron chi connectivity index (χ4n) is 1.84. The molecule has 1 aromatic rings. The zero-order valence-electron chi connectivity index (χ0n) is 9.41. The van der Waals surface area contributed by atoms with Gasteiger partial charge >= 0.3 is 5.97 Å². The first-order valence-corrected chi connectivity index (χ1v) is 5.28. The van der Waals surface area contributed by atoms with Gasteiger partial charge in [-0.15, -0.1) is 0 Å². The second kappa shape index (κ2) is 3.37. The van der Waals surface area contributed by atoms with Crippen LogP contribution in [0.5, 0.6) is 0 Å². The molecule has 0 fully saturated rings. The van der Waals surface area contributed by atoms with E-state index in [1.807, 2.05) is 39.0 Å². The molecular formula is C13H16O2. The Morgan fingerprint density at radius 3 is 2.60 bits per heavy atom. The van der Waals surface area contributed by atoms with Crippen LogP contribution in [-0.2, 0) is 16.0 Å². The molecular weight excluding hydrogens is 188 g/mol. The minimum Gasteiger partial charge on any atom is -0.459 e. The summed E-state index contributed by atoms with van der Waals surface area (Å²) in [7, 11) is 0.